The highest BCUT2D eigenvalue weighted by molar-refractivity contribution is 5.95. The van der Waals surface area contributed by atoms with Gasteiger partial charge in [-0.15, -0.1) is 0 Å². The van der Waals surface area contributed by atoms with Crippen LogP contribution in [0.2, 0.25) is 0 Å². The first-order valence-corrected chi connectivity index (χ1v) is 9.99. The van der Waals surface area contributed by atoms with Gasteiger partial charge in [0.25, 0.3) is 11.8 Å². The Morgan fingerprint density at radius 1 is 1.13 bits per heavy atom. The molecule has 9 heteroatoms. The van der Waals surface area contributed by atoms with Crippen LogP contribution in [0.3, 0.4) is 0 Å². The van der Waals surface area contributed by atoms with E-state index in [1.807, 2.05) is 18.2 Å². The van der Waals surface area contributed by atoms with Crippen LogP contribution in [0.5, 0.6) is 17.2 Å². The number of hydrogen-bond donors (Lipinski definition) is 0. The lowest BCUT2D eigenvalue weighted by molar-refractivity contribution is 0.0702. The van der Waals surface area contributed by atoms with Gasteiger partial charge < -0.3 is 23.6 Å². The number of carbonyl (C=O) groups is 1. The zero-order chi connectivity index (χ0) is 21.8. The Kier molecular flexibility index (Phi) is 6.01. The maximum Gasteiger partial charge on any atom is 0.276 e. The molecular formula is C22H24N4O5. The molecule has 1 aliphatic rings. The third-order valence-electron chi connectivity index (χ3n) is 5.31. The van der Waals surface area contributed by atoms with Gasteiger partial charge in [0.15, 0.2) is 17.3 Å². The van der Waals surface area contributed by atoms with E-state index in [9.17, 15) is 4.79 Å². The minimum Gasteiger partial charge on any atom is -0.493 e. The van der Waals surface area contributed by atoms with Gasteiger partial charge in [0, 0.05) is 30.8 Å². The zero-order valence-corrected chi connectivity index (χ0v) is 17.7. The molecule has 0 radical (unpaired) electrons. The molecule has 3 heterocycles. The van der Waals surface area contributed by atoms with E-state index < -0.39 is 0 Å². The molecule has 162 valence electrons. The van der Waals surface area contributed by atoms with Crippen LogP contribution >= 0.6 is 0 Å². The number of hydrogen-bond acceptors (Lipinski definition) is 8. The van der Waals surface area contributed by atoms with Crippen molar-refractivity contribution in [1.82, 2.24) is 20.0 Å². The first kappa shape index (κ1) is 20.6. The number of aromatic nitrogens is 3. The number of nitrogens with zero attached hydrogens (tertiary/aromatic N) is 4. The number of benzene rings is 1. The molecule has 1 atom stereocenters. The molecular weight excluding hydrogens is 400 g/mol. The van der Waals surface area contributed by atoms with E-state index in [0.717, 1.165) is 12.8 Å². The summed E-state index contributed by atoms with van der Waals surface area (Å²) < 4.78 is 21.5. The third kappa shape index (κ3) is 4.16. The molecule has 0 aliphatic carbocycles. The molecule has 31 heavy (non-hydrogen) atoms. The normalized spacial score (nSPS) is 16.1. The van der Waals surface area contributed by atoms with E-state index in [1.54, 1.807) is 23.2 Å². The maximum atomic E-state index is 13.2. The van der Waals surface area contributed by atoms with Gasteiger partial charge in [-0.2, -0.15) is 4.98 Å². The van der Waals surface area contributed by atoms with E-state index in [0.29, 0.717) is 53.3 Å². The fraction of sp³-hybridized carbons (Fsp3) is 0.364. The lowest BCUT2D eigenvalue weighted by Crippen LogP contribution is -2.39. The lowest BCUT2D eigenvalue weighted by Gasteiger charge is -2.31. The van der Waals surface area contributed by atoms with Crippen molar-refractivity contribution in [3.63, 3.8) is 0 Å². The van der Waals surface area contributed by atoms with Crippen molar-refractivity contribution in [2.24, 2.45) is 0 Å². The van der Waals surface area contributed by atoms with E-state index in [4.69, 9.17) is 18.7 Å². The third-order valence-corrected chi connectivity index (χ3v) is 5.31. The number of carbonyl (C=O) groups excluding carboxylic acids is 1. The lowest BCUT2D eigenvalue weighted by atomic mass is 9.96. The number of amides is 1. The predicted octanol–water partition coefficient (Wildman–Crippen LogP) is 3.18. The molecule has 1 amide bonds. The fourth-order valence-corrected chi connectivity index (χ4v) is 3.75. The van der Waals surface area contributed by atoms with Crippen LogP contribution in [0.25, 0.3) is 11.6 Å². The summed E-state index contributed by atoms with van der Waals surface area (Å²) in [5.41, 5.74) is 1.10. The molecule has 0 N–H and O–H groups in total. The molecule has 0 bridgehead atoms. The van der Waals surface area contributed by atoms with Crippen molar-refractivity contribution in [3.8, 4) is 28.8 Å². The van der Waals surface area contributed by atoms with Crippen molar-refractivity contribution in [2.75, 3.05) is 34.4 Å². The second kappa shape index (κ2) is 9.03. The molecule has 9 nitrogen and oxygen atoms in total. The summed E-state index contributed by atoms with van der Waals surface area (Å²) in [7, 11) is 4.58. The second-order valence-corrected chi connectivity index (χ2v) is 7.18. The van der Waals surface area contributed by atoms with Gasteiger partial charge in [-0.1, -0.05) is 11.2 Å². The Hall–Kier alpha value is -3.62. The second-order valence-electron chi connectivity index (χ2n) is 7.18. The van der Waals surface area contributed by atoms with Crippen LogP contribution < -0.4 is 14.2 Å². The molecule has 0 unspecified atom stereocenters. The molecule has 1 saturated heterocycles. The highest BCUT2D eigenvalue weighted by Gasteiger charge is 2.30. The SMILES string of the molecule is COc1cc(C(=O)N2CCC[C@H](c3noc(-c4ccccn4)n3)C2)cc(OC)c1OC. The largest absolute Gasteiger partial charge is 0.493 e. The van der Waals surface area contributed by atoms with Crippen LogP contribution in [-0.2, 0) is 0 Å². The summed E-state index contributed by atoms with van der Waals surface area (Å²) in [6, 6.07) is 8.85. The van der Waals surface area contributed by atoms with Gasteiger partial charge in [-0.05, 0) is 37.1 Å². The standard InChI is InChI=1S/C22H24N4O5/c1-28-17-11-15(12-18(29-2)19(17)30-3)22(27)26-10-6-7-14(13-26)20-24-21(31-25-20)16-8-4-5-9-23-16/h4-5,8-9,11-12,14H,6-7,10,13H2,1-3H3/t14-/m0/s1. The molecule has 2 aromatic heterocycles. The Morgan fingerprint density at radius 2 is 1.90 bits per heavy atom. The average molecular weight is 424 g/mol. The number of rotatable bonds is 6. The number of piperidine rings is 1. The minimum atomic E-state index is -0.114. The van der Waals surface area contributed by atoms with Gasteiger partial charge in [-0.3, -0.25) is 9.78 Å². The predicted molar refractivity (Wildman–Crippen MR) is 112 cm³/mol. The number of pyridine rings is 1. The Balaban J connectivity index is 1.54. The highest BCUT2D eigenvalue weighted by atomic mass is 16.5. The van der Waals surface area contributed by atoms with Crippen LogP contribution in [0.1, 0.15) is 34.9 Å². The Bertz CT molecular complexity index is 1030. The van der Waals surface area contributed by atoms with Crippen LogP contribution in [0.15, 0.2) is 41.1 Å². The average Bonchev–Trinajstić information content (AvgIpc) is 3.33. The molecule has 0 saturated carbocycles. The summed E-state index contributed by atoms with van der Waals surface area (Å²) in [4.78, 5) is 23.8. The van der Waals surface area contributed by atoms with Gasteiger partial charge >= 0.3 is 0 Å². The van der Waals surface area contributed by atoms with Crippen LogP contribution in [0, 0.1) is 0 Å². The van der Waals surface area contributed by atoms with E-state index in [1.165, 1.54) is 21.3 Å². The minimum absolute atomic E-state index is 0.0130. The highest BCUT2D eigenvalue weighted by Crippen LogP contribution is 2.39. The summed E-state index contributed by atoms with van der Waals surface area (Å²) >= 11 is 0. The number of likely N-dealkylation sites (tertiary alicyclic amines) is 1. The molecule has 1 aromatic carbocycles. The smallest absolute Gasteiger partial charge is 0.276 e. The Labute approximate surface area is 179 Å². The first-order chi connectivity index (χ1) is 15.1. The monoisotopic (exact) mass is 424 g/mol. The van der Waals surface area contributed by atoms with E-state index in [-0.39, 0.29) is 11.8 Å². The Morgan fingerprint density at radius 3 is 2.55 bits per heavy atom. The number of ether oxygens (including phenoxy) is 3. The quantitative estimate of drug-likeness (QED) is 0.595. The molecule has 0 spiro atoms. The van der Waals surface area contributed by atoms with Gasteiger partial charge in [-0.25, -0.2) is 0 Å². The zero-order valence-electron chi connectivity index (χ0n) is 17.7. The summed E-state index contributed by atoms with van der Waals surface area (Å²) in [5.74, 6) is 2.17. The molecule has 1 fully saturated rings. The van der Waals surface area contributed by atoms with Crippen molar-refractivity contribution in [3.05, 3.63) is 47.9 Å². The molecule has 1 aliphatic heterocycles. The maximum absolute atomic E-state index is 13.2. The summed E-state index contributed by atoms with van der Waals surface area (Å²) in [6.45, 7) is 1.15. The topological polar surface area (TPSA) is 99.8 Å². The van der Waals surface area contributed by atoms with Crippen molar-refractivity contribution in [2.45, 2.75) is 18.8 Å². The fourth-order valence-electron chi connectivity index (χ4n) is 3.75. The van der Waals surface area contributed by atoms with E-state index >= 15 is 0 Å². The van der Waals surface area contributed by atoms with Crippen molar-refractivity contribution < 1.29 is 23.5 Å². The van der Waals surface area contributed by atoms with Gasteiger partial charge in [0.1, 0.15) is 5.69 Å². The van der Waals surface area contributed by atoms with Crippen molar-refractivity contribution in [1.29, 1.82) is 0 Å². The van der Waals surface area contributed by atoms with Gasteiger partial charge in [0.05, 0.1) is 21.3 Å². The van der Waals surface area contributed by atoms with Crippen LogP contribution in [-0.4, -0.2) is 60.4 Å². The first-order valence-electron chi connectivity index (χ1n) is 9.99. The molecule has 4 rings (SSSR count). The number of methoxy groups -OCH3 is 3. The van der Waals surface area contributed by atoms with E-state index in [2.05, 4.69) is 15.1 Å². The summed E-state index contributed by atoms with van der Waals surface area (Å²) in [6.07, 6.45) is 3.39. The van der Waals surface area contributed by atoms with Crippen LogP contribution in [0.4, 0.5) is 0 Å². The van der Waals surface area contributed by atoms with Crippen molar-refractivity contribution >= 4 is 5.91 Å². The molecule has 3 aromatic rings. The van der Waals surface area contributed by atoms with Gasteiger partial charge in [0.2, 0.25) is 5.75 Å². The summed E-state index contributed by atoms with van der Waals surface area (Å²) in [5, 5.41) is 4.14.